The summed E-state index contributed by atoms with van der Waals surface area (Å²) in [5.41, 5.74) is 1.61. The predicted octanol–water partition coefficient (Wildman–Crippen LogP) is 4.15. The van der Waals surface area contributed by atoms with E-state index in [9.17, 15) is 14.4 Å². The second-order valence-corrected chi connectivity index (χ2v) is 8.16. The third kappa shape index (κ3) is 5.97. The third-order valence-electron chi connectivity index (χ3n) is 4.59. The van der Waals surface area contributed by atoms with Gasteiger partial charge in [-0.3, -0.25) is 14.4 Å². The molecule has 0 saturated heterocycles. The molecule has 2 aromatic rings. The van der Waals surface area contributed by atoms with Crippen molar-refractivity contribution in [2.45, 2.75) is 26.8 Å². The molecule has 0 fully saturated rings. The maximum absolute atomic E-state index is 12.9. The molecule has 30 heavy (non-hydrogen) atoms. The molecule has 1 unspecified atom stereocenters. The number of carbonyl (C=O) groups is 3. The lowest BCUT2D eigenvalue weighted by Crippen LogP contribution is -2.51. The van der Waals surface area contributed by atoms with Crippen LogP contribution in [0.15, 0.2) is 42.5 Å². The quantitative estimate of drug-likeness (QED) is 0.665. The Hall–Kier alpha value is -2.57. The summed E-state index contributed by atoms with van der Waals surface area (Å²) >= 11 is 12.1. The molecule has 0 aromatic heterocycles. The van der Waals surface area contributed by atoms with Gasteiger partial charge in [0.05, 0.1) is 22.3 Å². The van der Waals surface area contributed by atoms with Crippen molar-refractivity contribution in [3.8, 4) is 0 Å². The Bertz CT molecular complexity index is 927. The van der Waals surface area contributed by atoms with Gasteiger partial charge in [-0.1, -0.05) is 61.3 Å². The van der Waals surface area contributed by atoms with E-state index >= 15 is 0 Å². The van der Waals surface area contributed by atoms with Gasteiger partial charge in [0.1, 0.15) is 6.04 Å². The molecule has 0 aliphatic heterocycles. The Morgan fingerprint density at radius 1 is 1.00 bits per heavy atom. The lowest BCUT2D eigenvalue weighted by Gasteiger charge is -2.27. The fraction of sp³-hybridized carbons (Fsp3) is 0.318. The Balaban J connectivity index is 2.06. The summed E-state index contributed by atoms with van der Waals surface area (Å²) < 4.78 is 0. The fourth-order valence-corrected chi connectivity index (χ4v) is 3.38. The third-order valence-corrected chi connectivity index (χ3v) is 5.22. The van der Waals surface area contributed by atoms with Crippen LogP contribution in [-0.4, -0.2) is 42.3 Å². The largest absolute Gasteiger partial charge is 0.340 e. The molecular formula is C22H25Cl2N3O3. The molecule has 2 N–H and O–H groups in total. The molecule has 0 saturated carbocycles. The van der Waals surface area contributed by atoms with Gasteiger partial charge in [-0.25, -0.2) is 0 Å². The first-order valence-electron chi connectivity index (χ1n) is 9.47. The van der Waals surface area contributed by atoms with Crippen molar-refractivity contribution in [1.82, 2.24) is 10.2 Å². The highest BCUT2D eigenvalue weighted by molar-refractivity contribution is 6.39. The molecule has 0 aliphatic rings. The summed E-state index contributed by atoms with van der Waals surface area (Å²) in [6.07, 6.45) is 0. The molecule has 6 nitrogen and oxygen atoms in total. The molecule has 3 amide bonds. The minimum Gasteiger partial charge on any atom is -0.340 e. The zero-order valence-electron chi connectivity index (χ0n) is 17.3. The summed E-state index contributed by atoms with van der Waals surface area (Å²) in [5, 5.41) is 6.02. The average Bonchev–Trinajstić information content (AvgIpc) is 2.68. The van der Waals surface area contributed by atoms with Gasteiger partial charge in [0.25, 0.3) is 5.91 Å². The summed E-state index contributed by atoms with van der Waals surface area (Å²) in [7, 11) is 1.51. The lowest BCUT2D eigenvalue weighted by atomic mass is 10.0. The van der Waals surface area contributed by atoms with Crippen molar-refractivity contribution in [3.05, 3.63) is 63.6 Å². The predicted molar refractivity (Wildman–Crippen MR) is 120 cm³/mol. The van der Waals surface area contributed by atoms with Crippen molar-refractivity contribution in [2.75, 3.05) is 18.9 Å². The van der Waals surface area contributed by atoms with E-state index < -0.39 is 11.9 Å². The fourth-order valence-electron chi connectivity index (χ4n) is 2.89. The number of rotatable bonds is 7. The number of likely N-dealkylation sites (N-methyl/N-ethyl adjacent to an activating group) is 1. The second-order valence-electron chi connectivity index (χ2n) is 7.35. The van der Waals surface area contributed by atoms with Gasteiger partial charge >= 0.3 is 0 Å². The smallest absolute Gasteiger partial charge is 0.252 e. The van der Waals surface area contributed by atoms with E-state index in [0.29, 0.717) is 21.3 Å². The van der Waals surface area contributed by atoms with Crippen LogP contribution < -0.4 is 10.6 Å². The van der Waals surface area contributed by atoms with Crippen LogP contribution in [0.25, 0.3) is 0 Å². The molecule has 0 radical (unpaired) electrons. The van der Waals surface area contributed by atoms with Crippen LogP contribution in [0.2, 0.25) is 10.0 Å². The molecule has 0 spiro atoms. The number of hydrogen-bond acceptors (Lipinski definition) is 3. The first-order chi connectivity index (χ1) is 14.1. The van der Waals surface area contributed by atoms with Crippen LogP contribution in [0.3, 0.4) is 0 Å². The van der Waals surface area contributed by atoms with Crippen LogP contribution in [0.5, 0.6) is 0 Å². The van der Waals surface area contributed by atoms with E-state index in [4.69, 9.17) is 23.2 Å². The molecule has 0 bridgehead atoms. The Labute approximate surface area is 186 Å². The number of halogens is 2. The number of nitrogens with zero attached hydrogens (tertiary/aromatic N) is 1. The van der Waals surface area contributed by atoms with E-state index in [1.54, 1.807) is 30.3 Å². The van der Waals surface area contributed by atoms with Crippen LogP contribution in [0, 0.1) is 12.8 Å². The molecule has 0 heterocycles. The normalized spacial score (nSPS) is 11.7. The van der Waals surface area contributed by atoms with E-state index in [1.165, 1.54) is 11.9 Å². The van der Waals surface area contributed by atoms with Crippen LogP contribution >= 0.6 is 23.2 Å². The molecule has 1 atom stereocenters. The Morgan fingerprint density at radius 3 is 2.17 bits per heavy atom. The summed E-state index contributed by atoms with van der Waals surface area (Å²) in [4.78, 5) is 39.3. The number of hydrogen-bond donors (Lipinski definition) is 2. The van der Waals surface area contributed by atoms with Crippen molar-refractivity contribution in [3.63, 3.8) is 0 Å². The van der Waals surface area contributed by atoms with E-state index in [-0.39, 0.29) is 24.3 Å². The second kappa shape index (κ2) is 10.5. The average molecular weight is 450 g/mol. The monoisotopic (exact) mass is 449 g/mol. The first-order valence-corrected chi connectivity index (χ1v) is 10.2. The number of para-hydroxylation sites is 1. The van der Waals surface area contributed by atoms with Gasteiger partial charge in [0.15, 0.2) is 0 Å². The molecule has 0 aliphatic carbocycles. The molecule has 2 aromatic carbocycles. The van der Waals surface area contributed by atoms with Crippen LogP contribution in [-0.2, 0) is 9.59 Å². The summed E-state index contributed by atoms with van der Waals surface area (Å²) in [5.74, 6) is -1.32. The zero-order chi connectivity index (χ0) is 22.4. The summed E-state index contributed by atoms with van der Waals surface area (Å²) in [6, 6.07) is 11.2. The standard InChI is InChI=1S/C22H25Cl2N3O3/c1-13(2)19(26-21(29)15-9-6-5-8-14(15)3)22(30)27(4)12-18(28)25-20-16(23)10-7-11-17(20)24/h5-11,13,19H,12H2,1-4H3,(H,25,28)(H,26,29). The number of benzene rings is 2. The highest BCUT2D eigenvalue weighted by Crippen LogP contribution is 2.29. The van der Waals surface area contributed by atoms with Crippen molar-refractivity contribution in [1.29, 1.82) is 0 Å². The van der Waals surface area contributed by atoms with Gasteiger partial charge in [-0.05, 0) is 36.6 Å². The number of amides is 3. The van der Waals surface area contributed by atoms with Crippen molar-refractivity contribution in [2.24, 2.45) is 5.92 Å². The van der Waals surface area contributed by atoms with Crippen molar-refractivity contribution >= 4 is 46.6 Å². The van der Waals surface area contributed by atoms with E-state index in [1.807, 2.05) is 32.9 Å². The first kappa shape index (κ1) is 23.7. The highest BCUT2D eigenvalue weighted by Gasteiger charge is 2.28. The Morgan fingerprint density at radius 2 is 1.60 bits per heavy atom. The van der Waals surface area contributed by atoms with Crippen molar-refractivity contribution < 1.29 is 14.4 Å². The molecule has 160 valence electrons. The molecule has 8 heteroatoms. The highest BCUT2D eigenvalue weighted by atomic mass is 35.5. The van der Waals surface area contributed by atoms with E-state index in [0.717, 1.165) is 5.56 Å². The van der Waals surface area contributed by atoms with Gasteiger partial charge in [0, 0.05) is 12.6 Å². The number of nitrogens with one attached hydrogen (secondary N) is 2. The van der Waals surface area contributed by atoms with Crippen LogP contribution in [0.4, 0.5) is 5.69 Å². The molecular weight excluding hydrogens is 425 g/mol. The summed E-state index contributed by atoms with van der Waals surface area (Å²) in [6.45, 7) is 5.28. The van der Waals surface area contributed by atoms with Crippen LogP contribution in [0.1, 0.15) is 29.8 Å². The minimum atomic E-state index is -0.779. The van der Waals surface area contributed by atoms with E-state index in [2.05, 4.69) is 10.6 Å². The number of anilines is 1. The number of carbonyl (C=O) groups excluding carboxylic acids is 3. The Kier molecular flexibility index (Phi) is 8.26. The van der Waals surface area contributed by atoms with Gasteiger partial charge < -0.3 is 15.5 Å². The SMILES string of the molecule is Cc1ccccc1C(=O)NC(C(=O)N(C)CC(=O)Nc1c(Cl)cccc1Cl)C(C)C. The topological polar surface area (TPSA) is 78.5 Å². The molecule has 2 rings (SSSR count). The lowest BCUT2D eigenvalue weighted by molar-refractivity contribution is -0.135. The van der Waals surface area contributed by atoms with Gasteiger partial charge in [0.2, 0.25) is 11.8 Å². The zero-order valence-corrected chi connectivity index (χ0v) is 18.8. The number of aryl methyl sites for hydroxylation is 1. The maximum Gasteiger partial charge on any atom is 0.252 e. The minimum absolute atomic E-state index is 0.172. The van der Waals surface area contributed by atoms with Gasteiger partial charge in [-0.15, -0.1) is 0 Å². The maximum atomic E-state index is 12.9. The van der Waals surface area contributed by atoms with Gasteiger partial charge in [-0.2, -0.15) is 0 Å².